The first-order chi connectivity index (χ1) is 10.3. The number of esters is 1. The van der Waals surface area contributed by atoms with Gasteiger partial charge >= 0.3 is 5.97 Å². The fraction of sp³-hybridized carbons (Fsp3) is 0.529. The van der Waals surface area contributed by atoms with Crippen LogP contribution in [0.3, 0.4) is 0 Å². The Balaban J connectivity index is 2.75. The highest BCUT2D eigenvalue weighted by molar-refractivity contribution is 5.80. The summed E-state index contributed by atoms with van der Waals surface area (Å²) in [5, 5.41) is 0. The number of ether oxygens (including phenoxy) is 1. The van der Waals surface area contributed by atoms with Crippen molar-refractivity contribution in [1.82, 2.24) is 4.90 Å². The van der Waals surface area contributed by atoms with Gasteiger partial charge < -0.3 is 9.64 Å². The molecule has 0 saturated carbocycles. The van der Waals surface area contributed by atoms with Gasteiger partial charge in [0, 0.05) is 13.1 Å². The highest BCUT2D eigenvalue weighted by Crippen LogP contribution is 2.10. The van der Waals surface area contributed by atoms with Crippen LogP contribution in [0.1, 0.15) is 26.3 Å². The van der Waals surface area contributed by atoms with Crippen LogP contribution in [0.25, 0.3) is 0 Å². The number of hydrogen-bond donors (Lipinski definition) is 0. The topological polar surface area (TPSA) is 46.6 Å². The zero-order valence-corrected chi connectivity index (χ0v) is 13.6. The van der Waals surface area contributed by atoms with Crippen LogP contribution in [-0.4, -0.2) is 37.0 Å². The Hall–Kier alpha value is -1.91. The van der Waals surface area contributed by atoms with Crippen molar-refractivity contribution < 1.29 is 18.7 Å². The first-order valence-corrected chi connectivity index (χ1v) is 7.43. The second-order valence-corrected chi connectivity index (χ2v) is 5.92. The van der Waals surface area contributed by atoms with Gasteiger partial charge in [-0.25, -0.2) is 4.39 Å². The van der Waals surface area contributed by atoms with E-state index in [1.807, 2.05) is 13.8 Å². The summed E-state index contributed by atoms with van der Waals surface area (Å²) in [5.41, 5.74) is 0.755. The Kier molecular flexibility index (Phi) is 7.02. The van der Waals surface area contributed by atoms with Crippen LogP contribution in [-0.2, 0) is 20.7 Å². The quantitative estimate of drug-likeness (QED) is 0.728. The Morgan fingerprint density at radius 3 is 2.23 bits per heavy atom. The SMILES string of the molecule is COC(=O)C(C)CN(CC(C)C)C(=O)Cc1ccc(F)cc1. The molecular formula is C17H24FNO3. The van der Waals surface area contributed by atoms with Crippen LogP contribution in [0.4, 0.5) is 4.39 Å². The second-order valence-electron chi connectivity index (χ2n) is 5.92. The van der Waals surface area contributed by atoms with Gasteiger partial charge in [-0.1, -0.05) is 32.9 Å². The first kappa shape index (κ1) is 18.1. The minimum Gasteiger partial charge on any atom is -0.469 e. The smallest absolute Gasteiger partial charge is 0.310 e. The summed E-state index contributed by atoms with van der Waals surface area (Å²) in [4.78, 5) is 25.7. The molecule has 22 heavy (non-hydrogen) atoms. The average molecular weight is 309 g/mol. The molecule has 122 valence electrons. The van der Waals surface area contributed by atoms with Crippen LogP contribution >= 0.6 is 0 Å². The summed E-state index contributed by atoms with van der Waals surface area (Å²) in [6.07, 6.45) is 0.195. The summed E-state index contributed by atoms with van der Waals surface area (Å²) >= 11 is 0. The van der Waals surface area contributed by atoms with Crippen molar-refractivity contribution in [2.45, 2.75) is 27.2 Å². The molecule has 1 unspecified atom stereocenters. The maximum Gasteiger partial charge on any atom is 0.310 e. The lowest BCUT2D eigenvalue weighted by molar-refractivity contribution is -0.146. The molecule has 1 amide bonds. The lowest BCUT2D eigenvalue weighted by Gasteiger charge is -2.27. The minimum atomic E-state index is -0.374. The van der Waals surface area contributed by atoms with E-state index in [2.05, 4.69) is 0 Å². The molecule has 1 atom stereocenters. The Labute approximate surface area is 131 Å². The predicted octanol–water partition coefficient (Wildman–Crippen LogP) is 2.66. The molecule has 0 bridgehead atoms. The highest BCUT2D eigenvalue weighted by atomic mass is 19.1. The Morgan fingerprint density at radius 1 is 1.14 bits per heavy atom. The maximum atomic E-state index is 12.9. The number of amides is 1. The zero-order chi connectivity index (χ0) is 16.7. The lowest BCUT2D eigenvalue weighted by Crippen LogP contribution is -2.40. The van der Waals surface area contributed by atoms with E-state index in [9.17, 15) is 14.0 Å². The number of nitrogens with zero attached hydrogens (tertiary/aromatic N) is 1. The van der Waals surface area contributed by atoms with Gasteiger partial charge in [-0.2, -0.15) is 0 Å². The van der Waals surface area contributed by atoms with Crippen molar-refractivity contribution in [2.24, 2.45) is 11.8 Å². The van der Waals surface area contributed by atoms with Gasteiger partial charge in [-0.15, -0.1) is 0 Å². The second kappa shape index (κ2) is 8.51. The third-order valence-electron chi connectivity index (χ3n) is 3.30. The third-order valence-corrected chi connectivity index (χ3v) is 3.30. The molecule has 0 N–H and O–H groups in total. The van der Waals surface area contributed by atoms with E-state index in [-0.39, 0.29) is 30.0 Å². The Morgan fingerprint density at radius 2 is 1.73 bits per heavy atom. The number of hydrogen-bond acceptors (Lipinski definition) is 3. The molecule has 0 radical (unpaired) electrons. The van der Waals surface area contributed by atoms with Crippen LogP contribution < -0.4 is 0 Å². The molecule has 0 aliphatic rings. The first-order valence-electron chi connectivity index (χ1n) is 7.43. The lowest BCUT2D eigenvalue weighted by atomic mass is 10.1. The molecule has 1 aromatic carbocycles. The molecule has 0 aliphatic heterocycles. The van der Waals surface area contributed by atoms with Gasteiger partial charge in [0.25, 0.3) is 0 Å². The summed E-state index contributed by atoms with van der Waals surface area (Å²) < 4.78 is 17.6. The average Bonchev–Trinajstić information content (AvgIpc) is 2.47. The molecule has 5 heteroatoms. The molecule has 1 rings (SSSR count). The third kappa shape index (κ3) is 5.84. The number of methoxy groups -OCH3 is 1. The summed E-state index contributed by atoms with van der Waals surface area (Å²) in [6, 6.07) is 5.88. The van der Waals surface area contributed by atoms with E-state index in [0.29, 0.717) is 19.0 Å². The van der Waals surface area contributed by atoms with Crippen LogP contribution in [0, 0.1) is 17.7 Å². The number of carbonyl (C=O) groups excluding carboxylic acids is 2. The molecule has 0 heterocycles. The maximum absolute atomic E-state index is 12.9. The zero-order valence-electron chi connectivity index (χ0n) is 13.6. The van der Waals surface area contributed by atoms with Crippen LogP contribution in [0.5, 0.6) is 0 Å². The summed E-state index contributed by atoms with van der Waals surface area (Å²) in [5.74, 6) is -0.808. The Bertz CT molecular complexity index is 499. The molecule has 4 nitrogen and oxygen atoms in total. The molecule has 0 aliphatic carbocycles. The van der Waals surface area contributed by atoms with E-state index in [1.165, 1.54) is 19.2 Å². The number of carbonyl (C=O) groups is 2. The predicted molar refractivity (Wildman–Crippen MR) is 82.7 cm³/mol. The molecule has 0 aromatic heterocycles. The van der Waals surface area contributed by atoms with Crippen molar-refractivity contribution in [3.63, 3.8) is 0 Å². The van der Waals surface area contributed by atoms with Crippen LogP contribution in [0.2, 0.25) is 0 Å². The van der Waals surface area contributed by atoms with Crippen LogP contribution in [0.15, 0.2) is 24.3 Å². The minimum absolute atomic E-state index is 0.0731. The fourth-order valence-electron chi connectivity index (χ4n) is 2.21. The van der Waals surface area contributed by atoms with Gasteiger partial charge in [0.05, 0.1) is 19.4 Å². The number of halogens is 1. The van der Waals surface area contributed by atoms with Gasteiger partial charge in [-0.3, -0.25) is 9.59 Å². The number of benzene rings is 1. The molecule has 0 spiro atoms. The number of rotatable bonds is 7. The van der Waals surface area contributed by atoms with Crippen molar-refractivity contribution in [3.05, 3.63) is 35.6 Å². The largest absolute Gasteiger partial charge is 0.469 e. The normalized spacial score (nSPS) is 12.1. The van der Waals surface area contributed by atoms with E-state index in [0.717, 1.165) is 5.56 Å². The van der Waals surface area contributed by atoms with Crippen molar-refractivity contribution in [1.29, 1.82) is 0 Å². The van der Waals surface area contributed by atoms with Gasteiger partial charge in [0.2, 0.25) is 5.91 Å². The van der Waals surface area contributed by atoms with Gasteiger partial charge in [0.15, 0.2) is 0 Å². The van der Waals surface area contributed by atoms with E-state index in [1.54, 1.807) is 24.0 Å². The fourth-order valence-corrected chi connectivity index (χ4v) is 2.21. The van der Waals surface area contributed by atoms with Gasteiger partial charge in [-0.05, 0) is 23.6 Å². The van der Waals surface area contributed by atoms with E-state index in [4.69, 9.17) is 4.74 Å². The summed E-state index contributed by atoms with van der Waals surface area (Å²) in [7, 11) is 1.34. The molecule has 1 aromatic rings. The monoisotopic (exact) mass is 309 g/mol. The van der Waals surface area contributed by atoms with Crippen molar-refractivity contribution >= 4 is 11.9 Å². The molecule has 0 fully saturated rings. The highest BCUT2D eigenvalue weighted by Gasteiger charge is 2.22. The molecule has 0 saturated heterocycles. The van der Waals surface area contributed by atoms with Crippen molar-refractivity contribution in [3.8, 4) is 0 Å². The van der Waals surface area contributed by atoms with Gasteiger partial charge in [0.1, 0.15) is 5.82 Å². The molecular weight excluding hydrogens is 285 g/mol. The van der Waals surface area contributed by atoms with Crippen molar-refractivity contribution in [2.75, 3.05) is 20.2 Å². The summed E-state index contributed by atoms with van der Waals surface area (Å²) in [6.45, 7) is 6.67. The van der Waals surface area contributed by atoms with E-state index < -0.39 is 0 Å². The van der Waals surface area contributed by atoms with E-state index >= 15 is 0 Å². The standard InChI is InChI=1S/C17H24FNO3/c1-12(2)10-19(11-13(3)17(21)22-4)16(20)9-14-5-7-15(18)8-6-14/h5-8,12-13H,9-11H2,1-4H3.